The maximum atomic E-state index is 10.7. The molecule has 0 bridgehead atoms. The summed E-state index contributed by atoms with van der Waals surface area (Å²) in [7, 11) is 0. The second-order valence-electron chi connectivity index (χ2n) is 5.02. The van der Waals surface area contributed by atoms with Crippen molar-refractivity contribution in [1.29, 1.82) is 0 Å². The fourth-order valence-corrected chi connectivity index (χ4v) is 2.84. The summed E-state index contributed by atoms with van der Waals surface area (Å²) in [5, 5.41) is 8.81. The van der Waals surface area contributed by atoms with Crippen LogP contribution >= 0.6 is 0 Å². The summed E-state index contributed by atoms with van der Waals surface area (Å²) >= 11 is 0. The van der Waals surface area contributed by atoms with E-state index in [1.807, 2.05) is 12.1 Å². The fraction of sp³-hybridized carbons (Fsp3) is 0.643. The van der Waals surface area contributed by atoms with Crippen LogP contribution in [-0.4, -0.2) is 29.1 Å². The maximum Gasteiger partial charge on any atom is 0.303 e. The van der Waals surface area contributed by atoms with Crippen molar-refractivity contribution in [1.82, 2.24) is 4.90 Å². The van der Waals surface area contributed by atoms with Gasteiger partial charge in [-0.25, -0.2) is 0 Å². The van der Waals surface area contributed by atoms with Crippen molar-refractivity contribution in [3.8, 4) is 0 Å². The normalized spacial score (nSPS) is 19.8. The lowest BCUT2D eigenvalue weighted by Crippen LogP contribution is -2.37. The summed E-state index contributed by atoms with van der Waals surface area (Å²) in [6, 6.07) is 4.29. The molecule has 18 heavy (non-hydrogen) atoms. The molecule has 0 aliphatic carbocycles. The van der Waals surface area contributed by atoms with Gasteiger partial charge in [0.1, 0.15) is 5.76 Å². The number of hydrogen-bond donors (Lipinski definition) is 1. The van der Waals surface area contributed by atoms with Crippen LogP contribution in [0.15, 0.2) is 22.8 Å². The number of hydrogen-bond acceptors (Lipinski definition) is 3. The number of furan rings is 1. The molecule has 1 fully saturated rings. The van der Waals surface area contributed by atoms with Gasteiger partial charge >= 0.3 is 5.97 Å². The molecule has 1 aromatic rings. The second-order valence-corrected chi connectivity index (χ2v) is 5.02. The van der Waals surface area contributed by atoms with Crippen molar-refractivity contribution in [2.45, 2.75) is 38.6 Å². The molecule has 0 aromatic carbocycles. The average molecular weight is 251 g/mol. The van der Waals surface area contributed by atoms with E-state index in [1.165, 1.54) is 0 Å². The van der Waals surface area contributed by atoms with E-state index in [-0.39, 0.29) is 0 Å². The Morgan fingerprint density at radius 2 is 2.28 bits per heavy atom. The SMILES string of the molecule is CCC(c1ccco1)N1CCC(CC(=O)O)CC1. The molecule has 4 nitrogen and oxygen atoms in total. The molecule has 1 aliphatic rings. The Labute approximate surface area is 108 Å². The van der Waals surface area contributed by atoms with E-state index in [1.54, 1.807) is 6.26 Å². The molecular formula is C14H21NO3. The molecule has 1 aromatic heterocycles. The number of piperidine rings is 1. The first-order valence-corrected chi connectivity index (χ1v) is 6.70. The van der Waals surface area contributed by atoms with E-state index in [9.17, 15) is 4.79 Å². The molecule has 1 aliphatic heterocycles. The Morgan fingerprint density at radius 1 is 1.56 bits per heavy atom. The molecule has 4 heteroatoms. The van der Waals surface area contributed by atoms with Gasteiger partial charge in [0, 0.05) is 6.42 Å². The standard InChI is InChI=1S/C14H21NO3/c1-2-12(13-4-3-9-18-13)15-7-5-11(6-8-15)10-14(16)17/h3-4,9,11-12H,2,5-8,10H2,1H3,(H,16,17). The monoisotopic (exact) mass is 251 g/mol. The van der Waals surface area contributed by atoms with Crippen LogP contribution in [0, 0.1) is 5.92 Å². The van der Waals surface area contributed by atoms with Crippen LogP contribution in [0.4, 0.5) is 0 Å². The zero-order valence-corrected chi connectivity index (χ0v) is 10.8. The van der Waals surface area contributed by atoms with Gasteiger partial charge in [-0.15, -0.1) is 0 Å². The van der Waals surface area contributed by atoms with Crippen molar-refractivity contribution in [3.05, 3.63) is 24.2 Å². The van der Waals surface area contributed by atoms with E-state index in [4.69, 9.17) is 9.52 Å². The first kappa shape index (κ1) is 13.1. The summed E-state index contributed by atoms with van der Waals surface area (Å²) in [5.41, 5.74) is 0. The zero-order chi connectivity index (χ0) is 13.0. The summed E-state index contributed by atoms with van der Waals surface area (Å²) in [5.74, 6) is 0.688. The molecule has 100 valence electrons. The van der Waals surface area contributed by atoms with E-state index in [2.05, 4.69) is 11.8 Å². The number of carbonyl (C=O) groups is 1. The average Bonchev–Trinajstić information content (AvgIpc) is 2.85. The summed E-state index contributed by atoms with van der Waals surface area (Å²) in [6.45, 7) is 4.10. The molecule has 0 amide bonds. The highest BCUT2D eigenvalue weighted by Gasteiger charge is 2.27. The van der Waals surface area contributed by atoms with E-state index in [0.29, 0.717) is 18.4 Å². The molecule has 2 heterocycles. The smallest absolute Gasteiger partial charge is 0.303 e. The first-order chi connectivity index (χ1) is 8.70. The molecule has 1 saturated heterocycles. The minimum atomic E-state index is -0.675. The molecule has 1 N–H and O–H groups in total. The highest BCUT2D eigenvalue weighted by atomic mass is 16.4. The van der Waals surface area contributed by atoms with Gasteiger partial charge in [-0.05, 0) is 50.4 Å². The highest BCUT2D eigenvalue weighted by molar-refractivity contribution is 5.67. The van der Waals surface area contributed by atoms with Crippen LogP contribution in [0.3, 0.4) is 0 Å². The van der Waals surface area contributed by atoms with Gasteiger partial charge in [-0.3, -0.25) is 9.69 Å². The summed E-state index contributed by atoms with van der Waals surface area (Å²) in [4.78, 5) is 13.1. The minimum Gasteiger partial charge on any atom is -0.481 e. The predicted molar refractivity (Wildman–Crippen MR) is 68.3 cm³/mol. The van der Waals surface area contributed by atoms with E-state index in [0.717, 1.165) is 38.1 Å². The molecule has 0 spiro atoms. The maximum absolute atomic E-state index is 10.7. The first-order valence-electron chi connectivity index (χ1n) is 6.70. The summed E-state index contributed by atoms with van der Waals surface area (Å²) in [6.07, 6.45) is 5.00. The Kier molecular flexibility index (Phi) is 4.42. The number of carboxylic acids is 1. The molecule has 2 rings (SSSR count). The number of carboxylic acid groups (broad SMARTS) is 1. The lowest BCUT2D eigenvalue weighted by molar-refractivity contribution is -0.138. The molecule has 0 saturated carbocycles. The number of likely N-dealkylation sites (tertiary alicyclic amines) is 1. The van der Waals surface area contributed by atoms with Gasteiger partial charge in [0.2, 0.25) is 0 Å². The van der Waals surface area contributed by atoms with Crippen LogP contribution in [0.1, 0.15) is 44.4 Å². The van der Waals surface area contributed by atoms with Crippen molar-refractivity contribution in [3.63, 3.8) is 0 Å². The van der Waals surface area contributed by atoms with Crippen LogP contribution in [0.25, 0.3) is 0 Å². The van der Waals surface area contributed by atoms with Gasteiger partial charge in [-0.1, -0.05) is 6.92 Å². The third kappa shape index (κ3) is 3.13. The Bertz CT molecular complexity index is 366. The van der Waals surface area contributed by atoms with Crippen LogP contribution < -0.4 is 0 Å². The molecule has 1 unspecified atom stereocenters. The van der Waals surface area contributed by atoms with Gasteiger partial charge < -0.3 is 9.52 Å². The zero-order valence-electron chi connectivity index (χ0n) is 10.8. The van der Waals surface area contributed by atoms with Crippen molar-refractivity contribution in [2.24, 2.45) is 5.92 Å². The molecule has 1 atom stereocenters. The third-order valence-electron chi connectivity index (χ3n) is 3.81. The highest BCUT2D eigenvalue weighted by Crippen LogP contribution is 2.30. The van der Waals surface area contributed by atoms with Crippen LogP contribution in [0.5, 0.6) is 0 Å². The van der Waals surface area contributed by atoms with Crippen molar-refractivity contribution in [2.75, 3.05) is 13.1 Å². The third-order valence-corrected chi connectivity index (χ3v) is 3.81. The van der Waals surface area contributed by atoms with Gasteiger partial charge in [0.05, 0.1) is 12.3 Å². The van der Waals surface area contributed by atoms with E-state index < -0.39 is 5.97 Å². The summed E-state index contributed by atoms with van der Waals surface area (Å²) < 4.78 is 5.50. The molecular weight excluding hydrogens is 230 g/mol. The largest absolute Gasteiger partial charge is 0.481 e. The number of nitrogens with zero attached hydrogens (tertiary/aromatic N) is 1. The second kappa shape index (κ2) is 6.05. The quantitative estimate of drug-likeness (QED) is 0.874. The Hall–Kier alpha value is -1.29. The molecule has 0 radical (unpaired) electrons. The van der Waals surface area contributed by atoms with Gasteiger partial charge in [0.25, 0.3) is 0 Å². The van der Waals surface area contributed by atoms with Crippen molar-refractivity contribution >= 4 is 5.97 Å². The lowest BCUT2D eigenvalue weighted by Gasteiger charge is -2.36. The fourth-order valence-electron chi connectivity index (χ4n) is 2.84. The van der Waals surface area contributed by atoms with Crippen LogP contribution in [-0.2, 0) is 4.79 Å². The number of aliphatic carboxylic acids is 1. The van der Waals surface area contributed by atoms with Crippen molar-refractivity contribution < 1.29 is 14.3 Å². The Balaban J connectivity index is 1.90. The lowest BCUT2D eigenvalue weighted by atomic mass is 9.92. The topological polar surface area (TPSA) is 53.7 Å². The van der Waals surface area contributed by atoms with Gasteiger partial charge in [-0.2, -0.15) is 0 Å². The van der Waals surface area contributed by atoms with Crippen LogP contribution in [0.2, 0.25) is 0 Å². The predicted octanol–water partition coefficient (Wildman–Crippen LogP) is 2.92. The van der Waals surface area contributed by atoms with E-state index >= 15 is 0 Å². The van der Waals surface area contributed by atoms with Gasteiger partial charge in [0.15, 0.2) is 0 Å². The number of rotatable bonds is 5. The Morgan fingerprint density at radius 3 is 2.78 bits per heavy atom. The minimum absolute atomic E-state index is 0.311.